The van der Waals surface area contributed by atoms with Gasteiger partial charge in [-0.05, 0) is 31.0 Å². The number of anilines is 1. The number of guanidine groups is 1. The fourth-order valence-electron chi connectivity index (χ4n) is 2.85. The van der Waals surface area contributed by atoms with Gasteiger partial charge < -0.3 is 15.2 Å². The van der Waals surface area contributed by atoms with Crippen molar-refractivity contribution in [1.82, 2.24) is 9.55 Å². The van der Waals surface area contributed by atoms with Crippen LogP contribution in [0.3, 0.4) is 0 Å². The molecule has 2 heterocycles. The first-order valence-electron chi connectivity index (χ1n) is 7.36. The predicted octanol–water partition coefficient (Wildman–Crippen LogP) is 2.48. The average molecular weight is 283 g/mol. The molecular weight excluding hydrogens is 262 g/mol. The lowest BCUT2D eigenvalue weighted by atomic mass is 10.1. The van der Waals surface area contributed by atoms with E-state index in [-0.39, 0.29) is 6.04 Å². The number of nitrogens with zero attached hydrogens (tertiary/aromatic N) is 4. The van der Waals surface area contributed by atoms with E-state index in [0.29, 0.717) is 12.5 Å². The van der Waals surface area contributed by atoms with Crippen LogP contribution in [0.5, 0.6) is 0 Å². The van der Waals surface area contributed by atoms with Gasteiger partial charge in [-0.2, -0.15) is 0 Å². The summed E-state index contributed by atoms with van der Waals surface area (Å²) in [5, 5.41) is 0. The van der Waals surface area contributed by atoms with E-state index < -0.39 is 0 Å². The molecule has 5 heteroatoms. The van der Waals surface area contributed by atoms with Gasteiger partial charge in [-0.15, -0.1) is 0 Å². The Bertz CT molecular complexity index is 658. The summed E-state index contributed by atoms with van der Waals surface area (Å²) < 4.78 is 2.20. The van der Waals surface area contributed by atoms with E-state index >= 15 is 0 Å². The zero-order chi connectivity index (χ0) is 14.8. The standard InChI is InChI=1S/C16H21N5/c1-3-7-20-11-18-9-14(20)15-10-19-16(17)21(15)13-6-4-5-12(2)8-13/h4-6,8-9,11,15H,3,7,10H2,1-2H3,(H2,17,19). The zero-order valence-corrected chi connectivity index (χ0v) is 12.5. The van der Waals surface area contributed by atoms with Crippen LogP contribution in [0.15, 0.2) is 41.8 Å². The maximum atomic E-state index is 6.13. The smallest absolute Gasteiger partial charge is 0.196 e. The zero-order valence-electron chi connectivity index (χ0n) is 12.5. The first-order chi connectivity index (χ1) is 10.2. The molecule has 21 heavy (non-hydrogen) atoms. The Kier molecular flexibility index (Phi) is 3.64. The van der Waals surface area contributed by atoms with Crippen molar-refractivity contribution >= 4 is 11.6 Å². The lowest BCUT2D eigenvalue weighted by Gasteiger charge is -2.27. The molecule has 1 unspecified atom stereocenters. The number of imidazole rings is 1. The van der Waals surface area contributed by atoms with Crippen LogP contribution in [-0.4, -0.2) is 22.1 Å². The SMILES string of the molecule is CCCn1cncc1C1CN=C(N)N1c1cccc(C)c1. The Hall–Kier alpha value is -2.30. The quantitative estimate of drug-likeness (QED) is 0.937. The van der Waals surface area contributed by atoms with Crippen molar-refractivity contribution in [2.75, 3.05) is 11.4 Å². The first-order valence-corrected chi connectivity index (χ1v) is 7.36. The molecular formula is C16H21N5. The summed E-state index contributed by atoms with van der Waals surface area (Å²) in [5.41, 5.74) is 9.60. The number of aliphatic imine (C=N–C) groups is 1. The van der Waals surface area contributed by atoms with Gasteiger partial charge in [0.2, 0.25) is 0 Å². The normalized spacial score (nSPS) is 18.1. The fourth-order valence-corrected chi connectivity index (χ4v) is 2.85. The highest BCUT2D eigenvalue weighted by molar-refractivity contribution is 5.97. The van der Waals surface area contributed by atoms with Crippen molar-refractivity contribution in [3.05, 3.63) is 48.0 Å². The lowest BCUT2D eigenvalue weighted by molar-refractivity contribution is 0.606. The largest absolute Gasteiger partial charge is 0.369 e. The highest BCUT2D eigenvalue weighted by Gasteiger charge is 2.31. The van der Waals surface area contributed by atoms with Gasteiger partial charge in [0, 0.05) is 12.2 Å². The van der Waals surface area contributed by atoms with Crippen molar-refractivity contribution in [2.45, 2.75) is 32.9 Å². The molecule has 2 aromatic rings. The number of nitrogens with two attached hydrogens (primary N) is 1. The molecule has 0 aliphatic carbocycles. The first kappa shape index (κ1) is 13.7. The number of aryl methyl sites for hydroxylation is 2. The Morgan fingerprint density at radius 2 is 2.24 bits per heavy atom. The number of rotatable bonds is 4. The van der Waals surface area contributed by atoms with E-state index in [1.54, 1.807) is 0 Å². The van der Waals surface area contributed by atoms with E-state index in [1.807, 2.05) is 12.5 Å². The van der Waals surface area contributed by atoms with Crippen molar-refractivity contribution in [1.29, 1.82) is 0 Å². The number of hydrogen-bond acceptors (Lipinski definition) is 4. The van der Waals surface area contributed by atoms with Crippen LogP contribution in [0.4, 0.5) is 5.69 Å². The summed E-state index contributed by atoms with van der Waals surface area (Å²) in [6, 6.07) is 8.48. The van der Waals surface area contributed by atoms with Crippen molar-refractivity contribution in [3.63, 3.8) is 0 Å². The molecule has 3 rings (SSSR count). The van der Waals surface area contributed by atoms with Gasteiger partial charge in [-0.1, -0.05) is 19.1 Å². The molecule has 1 aromatic heterocycles. The molecule has 0 saturated carbocycles. The van der Waals surface area contributed by atoms with Crippen LogP contribution in [0.2, 0.25) is 0 Å². The summed E-state index contributed by atoms with van der Waals surface area (Å²) >= 11 is 0. The molecule has 0 fully saturated rings. The van der Waals surface area contributed by atoms with Crippen molar-refractivity contribution in [3.8, 4) is 0 Å². The van der Waals surface area contributed by atoms with Gasteiger partial charge in [-0.25, -0.2) is 4.98 Å². The molecule has 110 valence electrons. The fraction of sp³-hybridized carbons (Fsp3) is 0.375. The highest BCUT2D eigenvalue weighted by atomic mass is 15.3. The number of benzene rings is 1. The van der Waals surface area contributed by atoms with Gasteiger partial charge in [0.25, 0.3) is 0 Å². The minimum absolute atomic E-state index is 0.126. The molecule has 0 radical (unpaired) electrons. The summed E-state index contributed by atoms with van der Waals surface area (Å²) in [6.07, 6.45) is 4.90. The summed E-state index contributed by atoms with van der Waals surface area (Å²) in [7, 11) is 0. The van der Waals surface area contributed by atoms with Gasteiger partial charge in [0.05, 0.1) is 30.8 Å². The van der Waals surface area contributed by atoms with Gasteiger partial charge in [-0.3, -0.25) is 4.99 Å². The van der Waals surface area contributed by atoms with Crippen LogP contribution < -0.4 is 10.6 Å². The summed E-state index contributed by atoms with van der Waals surface area (Å²) in [4.78, 5) is 10.8. The summed E-state index contributed by atoms with van der Waals surface area (Å²) in [5.74, 6) is 0.579. The van der Waals surface area contributed by atoms with E-state index in [2.05, 4.69) is 57.6 Å². The molecule has 1 atom stereocenters. The van der Waals surface area contributed by atoms with E-state index in [9.17, 15) is 0 Å². The summed E-state index contributed by atoms with van der Waals surface area (Å²) in [6.45, 7) is 5.90. The lowest BCUT2D eigenvalue weighted by Crippen LogP contribution is -2.37. The van der Waals surface area contributed by atoms with Gasteiger partial charge >= 0.3 is 0 Å². The third kappa shape index (κ3) is 2.51. The minimum atomic E-state index is 0.126. The van der Waals surface area contributed by atoms with Crippen molar-refractivity contribution in [2.24, 2.45) is 10.7 Å². The van der Waals surface area contributed by atoms with Crippen molar-refractivity contribution < 1.29 is 0 Å². The number of hydrogen-bond donors (Lipinski definition) is 1. The van der Waals surface area contributed by atoms with Crippen LogP contribution in [0, 0.1) is 6.92 Å². The Morgan fingerprint density at radius 3 is 3.00 bits per heavy atom. The van der Waals surface area contributed by atoms with Gasteiger partial charge in [0.15, 0.2) is 5.96 Å². The van der Waals surface area contributed by atoms with E-state index in [0.717, 1.165) is 18.7 Å². The average Bonchev–Trinajstić information content (AvgIpc) is 3.05. The Balaban J connectivity index is 1.97. The second-order valence-electron chi connectivity index (χ2n) is 5.44. The molecule has 1 aliphatic rings. The van der Waals surface area contributed by atoms with Crippen LogP contribution in [0.25, 0.3) is 0 Å². The maximum Gasteiger partial charge on any atom is 0.196 e. The second-order valence-corrected chi connectivity index (χ2v) is 5.44. The Labute approximate surface area is 125 Å². The predicted molar refractivity (Wildman–Crippen MR) is 85.4 cm³/mol. The molecule has 0 spiro atoms. The van der Waals surface area contributed by atoms with E-state index in [1.165, 1.54) is 11.3 Å². The van der Waals surface area contributed by atoms with Gasteiger partial charge in [0.1, 0.15) is 0 Å². The third-order valence-corrected chi connectivity index (χ3v) is 3.81. The third-order valence-electron chi connectivity index (χ3n) is 3.81. The van der Waals surface area contributed by atoms with E-state index in [4.69, 9.17) is 5.73 Å². The molecule has 5 nitrogen and oxygen atoms in total. The molecule has 0 amide bonds. The highest BCUT2D eigenvalue weighted by Crippen LogP contribution is 2.31. The van der Waals surface area contributed by atoms with Crippen LogP contribution >= 0.6 is 0 Å². The monoisotopic (exact) mass is 283 g/mol. The van der Waals surface area contributed by atoms with Crippen LogP contribution in [-0.2, 0) is 6.54 Å². The molecule has 1 aromatic carbocycles. The topological polar surface area (TPSA) is 59.4 Å². The molecule has 2 N–H and O–H groups in total. The second kappa shape index (κ2) is 5.60. The number of aromatic nitrogens is 2. The molecule has 0 saturated heterocycles. The molecule has 1 aliphatic heterocycles. The maximum absolute atomic E-state index is 6.13. The molecule has 0 bridgehead atoms. The Morgan fingerprint density at radius 1 is 1.38 bits per heavy atom. The van der Waals surface area contributed by atoms with Crippen LogP contribution in [0.1, 0.15) is 30.6 Å². The minimum Gasteiger partial charge on any atom is -0.369 e.